The smallest absolute Gasteiger partial charge is 0.343 e. The van der Waals surface area contributed by atoms with Crippen molar-refractivity contribution in [1.29, 1.82) is 0 Å². The van der Waals surface area contributed by atoms with Gasteiger partial charge in [-0.05, 0) is 30.7 Å². The average molecular weight is 311 g/mol. The van der Waals surface area contributed by atoms with E-state index in [4.69, 9.17) is 5.11 Å². The van der Waals surface area contributed by atoms with E-state index in [1.165, 1.54) is 4.68 Å². The highest BCUT2D eigenvalue weighted by atomic mass is 79.9. The minimum atomic E-state index is -1.20. The SMILES string of the molecule is CCc1[nH]n(-c2ccc(Br)cc2)c(=O)c1C(=O)O. The first-order valence-electron chi connectivity index (χ1n) is 5.37. The van der Waals surface area contributed by atoms with E-state index in [1.807, 2.05) is 0 Å². The van der Waals surface area contributed by atoms with E-state index in [2.05, 4.69) is 21.0 Å². The van der Waals surface area contributed by atoms with Crippen molar-refractivity contribution in [2.24, 2.45) is 0 Å². The van der Waals surface area contributed by atoms with E-state index in [0.717, 1.165) is 4.47 Å². The average Bonchev–Trinajstić information content (AvgIpc) is 2.67. The van der Waals surface area contributed by atoms with Gasteiger partial charge in [0.05, 0.1) is 11.4 Å². The van der Waals surface area contributed by atoms with Crippen molar-refractivity contribution in [2.75, 3.05) is 0 Å². The van der Waals surface area contributed by atoms with Crippen molar-refractivity contribution in [2.45, 2.75) is 13.3 Å². The highest BCUT2D eigenvalue weighted by Gasteiger charge is 2.19. The molecular formula is C12H11BrN2O3. The molecule has 0 aliphatic carbocycles. The van der Waals surface area contributed by atoms with Crippen molar-refractivity contribution >= 4 is 21.9 Å². The molecule has 0 aliphatic heterocycles. The van der Waals surface area contributed by atoms with Gasteiger partial charge < -0.3 is 5.11 Å². The van der Waals surface area contributed by atoms with Gasteiger partial charge in [-0.2, -0.15) is 0 Å². The van der Waals surface area contributed by atoms with E-state index in [9.17, 15) is 9.59 Å². The molecule has 0 radical (unpaired) electrons. The van der Waals surface area contributed by atoms with E-state index < -0.39 is 11.5 Å². The number of aromatic carboxylic acids is 1. The maximum absolute atomic E-state index is 12.0. The second-order valence-corrected chi connectivity index (χ2v) is 4.66. The Kier molecular flexibility index (Phi) is 3.38. The molecule has 0 saturated carbocycles. The standard InChI is InChI=1S/C12H11BrN2O3/c1-2-9-10(12(17)18)11(16)15(14-9)8-5-3-7(13)4-6-8/h3-6,14H,2H2,1H3,(H,17,18). The van der Waals surface area contributed by atoms with Crippen LogP contribution in [0.3, 0.4) is 0 Å². The maximum atomic E-state index is 12.0. The molecule has 2 N–H and O–H groups in total. The predicted molar refractivity (Wildman–Crippen MR) is 70.4 cm³/mol. The summed E-state index contributed by atoms with van der Waals surface area (Å²) in [7, 11) is 0. The van der Waals surface area contributed by atoms with Crippen LogP contribution in [0.25, 0.3) is 5.69 Å². The first-order chi connectivity index (χ1) is 8.54. The van der Waals surface area contributed by atoms with Crippen LogP contribution in [0.5, 0.6) is 0 Å². The van der Waals surface area contributed by atoms with Crippen molar-refractivity contribution in [3.63, 3.8) is 0 Å². The number of hydrogen-bond acceptors (Lipinski definition) is 2. The molecule has 18 heavy (non-hydrogen) atoms. The molecule has 1 heterocycles. The Morgan fingerprint density at radius 1 is 1.39 bits per heavy atom. The first-order valence-corrected chi connectivity index (χ1v) is 6.17. The number of carbonyl (C=O) groups is 1. The second-order valence-electron chi connectivity index (χ2n) is 3.74. The third-order valence-corrected chi connectivity index (χ3v) is 3.15. The monoisotopic (exact) mass is 310 g/mol. The molecule has 0 amide bonds. The summed E-state index contributed by atoms with van der Waals surface area (Å²) in [6, 6.07) is 7.03. The van der Waals surface area contributed by atoms with Gasteiger partial charge in [0.15, 0.2) is 0 Å². The number of aryl methyl sites for hydroxylation is 1. The molecule has 1 aromatic heterocycles. The summed E-state index contributed by atoms with van der Waals surface area (Å²) < 4.78 is 2.13. The molecule has 0 aliphatic rings. The van der Waals surface area contributed by atoms with Crippen LogP contribution in [0.1, 0.15) is 23.0 Å². The molecule has 0 fully saturated rings. The second kappa shape index (κ2) is 4.81. The highest BCUT2D eigenvalue weighted by Crippen LogP contribution is 2.13. The lowest BCUT2D eigenvalue weighted by atomic mass is 10.2. The Hall–Kier alpha value is -1.82. The van der Waals surface area contributed by atoms with Gasteiger partial charge in [0, 0.05) is 4.47 Å². The van der Waals surface area contributed by atoms with Gasteiger partial charge in [-0.1, -0.05) is 22.9 Å². The Bertz CT molecular complexity index is 640. The number of rotatable bonds is 3. The fourth-order valence-electron chi connectivity index (χ4n) is 1.73. The Morgan fingerprint density at radius 2 is 2.00 bits per heavy atom. The molecule has 2 aromatic rings. The predicted octanol–water partition coefficient (Wildman–Crippen LogP) is 2.19. The Balaban J connectivity index is 2.63. The van der Waals surface area contributed by atoms with Crippen LogP contribution in [0.15, 0.2) is 33.5 Å². The summed E-state index contributed by atoms with van der Waals surface area (Å²) in [5.74, 6) is -1.20. The summed E-state index contributed by atoms with van der Waals surface area (Å²) in [6.45, 7) is 1.80. The highest BCUT2D eigenvalue weighted by molar-refractivity contribution is 9.10. The number of carboxylic acids is 1. The molecule has 0 atom stereocenters. The number of H-pyrrole nitrogens is 1. The van der Waals surface area contributed by atoms with Crippen LogP contribution in [0.2, 0.25) is 0 Å². The lowest BCUT2D eigenvalue weighted by Gasteiger charge is -2.01. The van der Waals surface area contributed by atoms with Crippen LogP contribution >= 0.6 is 15.9 Å². The summed E-state index contributed by atoms with van der Waals surface area (Å²) in [6.07, 6.45) is 0.459. The minimum absolute atomic E-state index is 0.194. The zero-order valence-corrected chi connectivity index (χ0v) is 11.2. The van der Waals surface area contributed by atoms with E-state index >= 15 is 0 Å². The number of carboxylic acid groups (broad SMARTS) is 1. The largest absolute Gasteiger partial charge is 0.477 e. The quantitative estimate of drug-likeness (QED) is 0.912. The molecule has 0 unspecified atom stereocenters. The van der Waals surface area contributed by atoms with E-state index in [1.54, 1.807) is 31.2 Å². The fourth-order valence-corrected chi connectivity index (χ4v) is 2.00. The number of aromatic nitrogens is 2. The van der Waals surface area contributed by atoms with Crippen LogP contribution in [0.4, 0.5) is 0 Å². The van der Waals surface area contributed by atoms with Crippen LogP contribution in [-0.4, -0.2) is 20.9 Å². The van der Waals surface area contributed by atoms with Crippen molar-refractivity contribution in [3.8, 4) is 5.69 Å². The normalized spacial score (nSPS) is 10.6. The van der Waals surface area contributed by atoms with Gasteiger partial charge in [0.25, 0.3) is 5.56 Å². The summed E-state index contributed by atoms with van der Waals surface area (Å²) in [5.41, 5.74) is 0.294. The van der Waals surface area contributed by atoms with E-state index in [-0.39, 0.29) is 5.56 Å². The lowest BCUT2D eigenvalue weighted by molar-refractivity contribution is 0.0694. The number of nitrogens with zero attached hydrogens (tertiary/aromatic N) is 1. The third kappa shape index (κ3) is 2.11. The lowest BCUT2D eigenvalue weighted by Crippen LogP contribution is -2.20. The van der Waals surface area contributed by atoms with Gasteiger partial charge >= 0.3 is 5.97 Å². The number of halogens is 1. The van der Waals surface area contributed by atoms with E-state index in [0.29, 0.717) is 17.8 Å². The fraction of sp³-hybridized carbons (Fsp3) is 0.167. The first kappa shape index (κ1) is 12.6. The van der Waals surface area contributed by atoms with Gasteiger partial charge in [-0.15, -0.1) is 0 Å². The molecule has 0 spiro atoms. The molecule has 0 bridgehead atoms. The van der Waals surface area contributed by atoms with Crippen LogP contribution in [-0.2, 0) is 6.42 Å². The number of benzene rings is 1. The summed E-state index contributed by atoms with van der Waals surface area (Å²) >= 11 is 3.30. The minimum Gasteiger partial charge on any atom is -0.477 e. The summed E-state index contributed by atoms with van der Waals surface area (Å²) in [4.78, 5) is 23.1. The Morgan fingerprint density at radius 3 is 2.44 bits per heavy atom. The summed E-state index contributed by atoms with van der Waals surface area (Å²) in [5, 5.41) is 11.9. The molecule has 5 nitrogen and oxygen atoms in total. The molecule has 94 valence electrons. The molecule has 6 heteroatoms. The van der Waals surface area contributed by atoms with Crippen LogP contribution < -0.4 is 5.56 Å². The Labute approximate surface area is 111 Å². The van der Waals surface area contributed by atoms with Gasteiger partial charge in [-0.3, -0.25) is 9.89 Å². The van der Waals surface area contributed by atoms with Gasteiger partial charge in [0.1, 0.15) is 5.56 Å². The number of aromatic amines is 1. The van der Waals surface area contributed by atoms with Crippen LogP contribution in [0, 0.1) is 0 Å². The third-order valence-electron chi connectivity index (χ3n) is 2.62. The maximum Gasteiger partial charge on any atom is 0.343 e. The zero-order valence-electron chi connectivity index (χ0n) is 9.61. The zero-order chi connectivity index (χ0) is 13.3. The number of nitrogens with one attached hydrogen (secondary N) is 1. The topological polar surface area (TPSA) is 75.1 Å². The molecular weight excluding hydrogens is 300 g/mol. The van der Waals surface area contributed by atoms with Crippen molar-refractivity contribution in [3.05, 3.63) is 50.3 Å². The number of hydrogen-bond donors (Lipinski definition) is 2. The molecule has 2 rings (SSSR count). The van der Waals surface area contributed by atoms with Crippen molar-refractivity contribution in [1.82, 2.24) is 9.78 Å². The van der Waals surface area contributed by atoms with Gasteiger partial charge in [0.2, 0.25) is 0 Å². The van der Waals surface area contributed by atoms with Gasteiger partial charge in [-0.25, -0.2) is 9.48 Å². The molecule has 0 saturated heterocycles. The molecule has 1 aromatic carbocycles. The van der Waals surface area contributed by atoms with Crippen molar-refractivity contribution < 1.29 is 9.90 Å².